The van der Waals surface area contributed by atoms with E-state index in [9.17, 15) is 4.79 Å². The van der Waals surface area contributed by atoms with Gasteiger partial charge in [0.05, 0.1) is 0 Å². The molecule has 5 rings (SSSR count). The lowest BCUT2D eigenvalue weighted by molar-refractivity contribution is 0.492. The van der Waals surface area contributed by atoms with Crippen LogP contribution in [0.15, 0.2) is 73.6 Å². The highest BCUT2D eigenvalue weighted by Gasteiger charge is 2.17. The molecule has 0 radical (unpaired) electrons. The number of hydrogen-bond donors (Lipinski definition) is 0. The smallest absolute Gasteiger partial charge is 0.348 e. The molecule has 3 aromatic heterocycles. The van der Waals surface area contributed by atoms with Crippen LogP contribution in [0.2, 0.25) is 0 Å². The fourth-order valence-electron chi connectivity index (χ4n) is 3.02. The number of para-hydroxylation sites is 1. The highest BCUT2D eigenvalue weighted by atomic mass is 32.1. The van der Waals surface area contributed by atoms with E-state index in [1.54, 1.807) is 0 Å². The quantitative estimate of drug-likeness (QED) is 0.409. The lowest BCUT2D eigenvalue weighted by Gasteiger charge is -2.00. The van der Waals surface area contributed by atoms with Crippen LogP contribution in [0.1, 0.15) is 5.56 Å². The first-order valence-electron chi connectivity index (χ1n) is 8.17. The summed E-state index contributed by atoms with van der Waals surface area (Å²) in [5, 5.41) is 3.40. The van der Waals surface area contributed by atoms with E-state index in [4.69, 9.17) is 8.83 Å². The first-order chi connectivity index (χ1) is 12.7. The van der Waals surface area contributed by atoms with Crippen LogP contribution in [0.4, 0.5) is 0 Å². The van der Waals surface area contributed by atoms with Crippen molar-refractivity contribution in [1.82, 2.24) is 4.98 Å². The molecule has 0 N–H and O–H groups in total. The van der Waals surface area contributed by atoms with Crippen molar-refractivity contribution in [3.8, 4) is 22.8 Å². The zero-order valence-corrected chi connectivity index (χ0v) is 14.7. The molecule has 0 bridgehead atoms. The zero-order chi connectivity index (χ0) is 17.7. The van der Waals surface area contributed by atoms with E-state index in [1.807, 2.05) is 66.9 Å². The van der Waals surface area contributed by atoms with Gasteiger partial charge < -0.3 is 8.83 Å². The maximum atomic E-state index is 12.7. The number of hydrogen-bond acceptors (Lipinski definition) is 5. The third kappa shape index (κ3) is 2.36. The summed E-state index contributed by atoms with van der Waals surface area (Å²) in [4.78, 5) is 17.8. The van der Waals surface area contributed by atoms with Crippen LogP contribution in [0, 0.1) is 6.92 Å². The van der Waals surface area contributed by atoms with Crippen molar-refractivity contribution in [3.63, 3.8) is 0 Å². The summed E-state index contributed by atoms with van der Waals surface area (Å²) >= 11 is 1.43. The number of aryl methyl sites for hydroxylation is 1. The number of aromatic nitrogens is 1. The van der Waals surface area contributed by atoms with Crippen LogP contribution in [-0.2, 0) is 0 Å². The van der Waals surface area contributed by atoms with E-state index in [1.165, 1.54) is 16.9 Å². The molecule has 0 saturated carbocycles. The molecule has 126 valence electrons. The number of rotatable bonds is 2. The first-order valence-corrected chi connectivity index (χ1v) is 9.05. The molecule has 4 nitrogen and oxygen atoms in total. The highest BCUT2D eigenvalue weighted by Crippen LogP contribution is 2.33. The van der Waals surface area contributed by atoms with Gasteiger partial charge in [0.1, 0.15) is 15.8 Å². The maximum Gasteiger partial charge on any atom is 0.348 e. The molecule has 0 fully saturated rings. The van der Waals surface area contributed by atoms with Crippen molar-refractivity contribution >= 4 is 32.5 Å². The molecule has 0 aliphatic carbocycles. The van der Waals surface area contributed by atoms with E-state index < -0.39 is 5.63 Å². The van der Waals surface area contributed by atoms with Crippen LogP contribution in [0.5, 0.6) is 0 Å². The third-order valence-electron chi connectivity index (χ3n) is 4.37. The van der Waals surface area contributed by atoms with Crippen LogP contribution in [-0.4, -0.2) is 4.98 Å². The second-order valence-electron chi connectivity index (χ2n) is 6.15. The van der Waals surface area contributed by atoms with Crippen molar-refractivity contribution in [2.75, 3.05) is 0 Å². The second-order valence-corrected chi connectivity index (χ2v) is 7.01. The summed E-state index contributed by atoms with van der Waals surface area (Å²) in [5.74, 6) is 0.659. The molecule has 0 atom stereocenters. The van der Waals surface area contributed by atoms with Crippen LogP contribution in [0.25, 0.3) is 44.0 Å². The van der Waals surface area contributed by atoms with Gasteiger partial charge in [-0.15, -0.1) is 11.3 Å². The number of thiophene rings is 1. The van der Waals surface area contributed by atoms with Gasteiger partial charge in [-0.25, -0.2) is 4.79 Å². The Morgan fingerprint density at radius 2 is 1.81 bits per heavy atom. The summed E-state index contributed by atoms with van der Waals surface area (Å²) < 4.78 is 11.3. The molecule has 0 aliphatic heterocycles. The van der Waals surface area contributed by atoms with Crippen LogP contribution >= 0.6 is 11.3 Å². The Morgan fingerprint density at radius 1 is 1.00 bits per heavy atom. The standard InChI is InChI=1S/C21H13NO3S/c1-12-6-8-13(9-7-12)15-11-26-20-18(15)21(23)25-19(22-20)17-10-14-4-2-3-5-16(14)24-17/h2-11H,1H3. The summed E-state index contributed by atoms with van der Waals surface area (Å²) in [5.41, 5.74) is 3.33. The molecule has 3 heterocycles. The van der Waals surface area contributed by atoms with Gasteiger partial charge in [0.2, 0.25) is 0 Å². The summed E-state index contributed by atoms with van der Waals surface area (Å²) in [6.45, 7) is 2.03. The molecule has 26 heavy (non-hydrogen) atoms. The molecular formula is C21H13NO3S. The van der Waals surface area contributed by atoms with Gasteiger partial charge in [-0.2, -0.15) is 4.98 Å². The molecule has 0 amide bonds. The SMILES string of the molecule is Cc1ccc(-c2csc3nc(-c4cc5ccccc5o4)oc(=O)c23)cc1. The Morgan fingerprint density at radius 3 is 2.62 bits per heavy atom. The van der Waals surface area contributed by atoms with Gasteiger partial charge in [0.25, 0.3) is 5.89 Å². The Bertz CT molecular complexity index is 1280. The van der Waals surface area contributed by atoms with Crippen molar-refractivity contribution in [1.29, 1.82) is 0 Å². The van der Waals surface area contributed by atoms with E-state index in [0.29, 0.717) is 16.0 Å². The second kappa shape index (κ2) is 5.68. The van der Waals surface area contributed by atoms with Gasteiger partial charge in [-0.05, 0) is 24.6 Å². The van der Waals surface area contributed by atoms with E-state index in [0.717, 1.165) is 22.1 Å². The largest absolute Gasteiger partial charge is 0.451 e. The molecule has 5 heteroatoms. The minimum atomic E-state index is -0.401. The summed E-state index contributed by atoms with van der Waals surface area (Å²) in [7, 11) is 0. The number of nitrogens with zero attached hydrogens (tertiary/aromatic N) is 1. The molecule has 0 saturated heterocycles. The lowest BCUT2D eigenvalue weighted by atomic mass is 10.1. The predicted octanol–water partition coefficient (Wildman–Crippen LogP) is 5.64. The summed E-state index contributed by atoms with van der Waals surface area (Å²) in [6, 6.07) is 17.5. The number of furan rings is 1. The minimum absolute atomic E-state index is 0.205. The minimum Gasteiger partial charge on any atom is -0.451 e. The average molecular weight is 359 g/mol. The van der Waals surface area contributed by atoms with Crippen molar-refractivity contribution < 1.29 is 8.83 Å². The van der Waals surface area contributed by atoms with E-state index in [2.05, 4.69) is 4.98 Å². The monoisotopic (exact) mass is 359 g/mol. The van der Waals surface area contributed by atoms with Gasteiger partial charge in [-0.1, -0.05) is 48.0 Å². The van der Waals surface area contributed by atoms with Gasteiger partial charge in [-0.3, -0.25) is 0 Å². The average Bonchev–Trinajstić information content (AvgIpc) is 3.26. The molecule has 0 spiro atoms. The van der Waals surface area contributed by atoms with Gasteiger partial charge in [0, 0.05) is 16.3 Å². The normalized spacial score (nSPS) is 11.4. The topological polar surface area (TPSA) is 56.2 Å². The molecule has 0 aliphatic rings. The fraction of sp³-hybridized carbons (Fsp3) is 0.0476. The van der Waals surface area contributed by atoms with Crippen molar-refractivity contribution in [3.05, 3.63) is 76.0 Å². The Kier molecular flexibility index (Phi) is 3.30. The molecule has 0 unspecified atom stereocenters. The lowest BCUT2D eigenvalue weighted by Crippen LogP contribution is -2.01. The molecular weight excluding hydrogens is 346 g/mol. The Balaban J connectivity index is 1.68. The van der Waals surface area contributed by atoms with Crippen molar-refractivity contribution in [2.45, 2.75) is 6.92 Å². The zero-order valence-electron chi connectivity index (χ0n) is 13.9. The Hall–Kier alpha value is -3.18. The van der Waals surface area contributed by atoms with Gasteiger partial charge in [0.15, 0.2) is 5.76 Å². The maximum absolute atomic E-state index is 12.7. The number of fused-ring (bicyclic) bond motifs is 2. The highest BCUT2D eigenvalue weighted by molar-refractivity contribution is 7.17. The fourth-order valence-corrected chi connectivity index (χ4v) is 3.95. The molecule has 2 aromatic carbocycles. The number of benzene rings is 2. The van der Waals surface area contributed by atoms with E-state index >= 15 is 0 Å². The predicted molar refractivity (Wildman–Crippen MR) is 104 cm³/mol. The Labute approximate surface area is 152 Å². The third-order valence-corrected chi connectivity index (χ3v) is 5.24. The van der Waals surface area contributed by atoms with Gasteiger partial charge >= 0.3 is 5.63 Å². The first kappa shape index (κ1) is 15.1. The molecule has 5 aromatic rings. The summed E-state index contributed by atoms with van der Waals surface area (Å²) in [6.07, 6.45) is 0. The van der Waals surface area contributed by atoms with Crippen LogP contribution < -0.4 is 5.63 Å². The van der Waals surface area contributed by atoms with E-state index in [-0.39, 0.29) is 5.89 Å². The van der Waals surface area contributed by atoms with Crippen molar-refractivity contribution in [2.24, 2.45) is 0 Å². The van der Waals surface area contributed by atoms with Crippen LogP contribution in [0.3, 0.4) is 0 Å².